The van der Waals surface area contributed by atoms with Crippen molar-refractivity contribution in [2.45, 2.75) is 72.2 Å². The summed E-state index contributed by atoms with van der Waals surface area (Å²) in [6, 6.07) is -0.398. The molecule has 3 atom stereocenters. The van der Waals surface area contributed by atoms with E-state index in [1.165, 1.54) is 0 Å². The highest BCUT2D eigenvalue weighted by atomic mass is 32.1. The van der Waals surface area contributed by atoms with E-state index in [0.717, 1.165) is 22.1 Å². The monoisotopic (exact) mass is 419 g/mol. The first-order valence-corrected chi connectivity index (χ1v) is 11.0. The predicted molar refractivity (Wildman–Crippen MR) is 116 cm³/mol. The van der Waals surface area contributed by atoms with Crippen molar-refractivity contribution in [1.82, 2.24) is 24.8 Å². The van der Waals surface area contributed by atoms with Crippen LogP contribution in [0.2, 0.25) is 0 Å². The van der Waals surface area contributed by atoms with E-state index in [4.69, 9.17) is 4.98 Å². The number of thiazole rings is 1. The average molecular weight is 420 g/mol. The van der Waals surface area contributed by atoms with E-state index in [-0.39, 0.29) is 29.4 Å². The zero-order valence-corrected chi connectivity index (χ0v) is 19.2. The molecule has 0 bridgehead atoms. The molecule has 1 amide bonds. The molecule has 1 aliphatic rings. The molecule has 0 aromatic carbocycles. The van der Waals surface area contributed by atoms with E-state index < -0.39 is 6.10 Å². The van der Waals surface area contributed by atoms with Crippen LogP contribution in [-0.4, -0.2) is 55.2 Å². The Morgan fingerprint density at radius 2 is 2.07 bits per heavy atom. The van der Waals surface area contributed by atoms with E-state index in [1.54, 1.807) is 11.3 Å². The molecule has 0 spiro atoms. The van der Waals surface area contributed by atoms with Crippen LogP contribution < -0.4 is 5.32 Å². The molecule has 2 aromatic rings. The number of aromatic nitrogens is 3. The lowest BCUT2D eigenvalue weighted by Crippen LogP contribution is -2.55. The maximum absolute atomic E-state index is 13.6. The number of likely N-dealkylation sites (tertiary alicyclic amines) is 1. The first-order valence-electron chi connectivity index (χ1n) is 10.2. The molecule has 0 unspecified atom stereocenters. The van der Waals surface area contributed by atoms with Crippen molar-refractivity contribution in [1.29, 1.82) is 0 Å². The van der Waals surface area contributed by atoms with Crippen LogP contribution in [0.4, 0.5) is 0 Å². The van der Waals surface area contributed by atoms with Gasteiger partial charge in [-0.15, -0.1) is 11.3 Å². The van der Waals surface area contributed by atoms with E-state index in [9.17, 15) is 9.90 Å². The quantitative estimate of drug-likeness (QED) is 0.779. The minimum absolute atomic E-state index is 0.0197. The van der Waals surface area contributed by atoms with Gasteiger partial charge in [-0.3, -0.25) is 4.79 Å². The van der Waals surface area contributed by atoms with Gasteiger partial charge in [-0.2, -0.15) is 0 Å². The van der Waals surface area contributed by atoms with Gasteiger partial charge in [-0.05, 0) is 12.3 Å². The van der Waals surface area contributed by atoms with E-state index in [0.29, 0.717) is 13.0 Å². The summed E-state index contributed by atoms with van der Waals surface area (Å²) in [7, 11) is 1.95. The maximum Gasteiger partial charge on any atom is 0.240 e. The van der Waals surface area contributed by atoms with Gasteiger partial charge in [0.25, 0.3) is 0 Å². The number of aliphatic hydroxyl groups excluding tert-OH is 1. The number of rotatable bonds is 5. The third kappa shape index (κ3) is 4.54. The van der Waals surface area contributed by atoms with Crippen LogP contribution >= 0.6 is 11.3 Å². The first kappa shape index (κ1) is 21.9. The van der Waals surface area contributed by atoms with Crippen LogP contribution in [0, 0.1) is 12.3 Å². The van der Waals surface area contributed by atoms with Gasteiger partial charge in [0, 0.05) is 32.3 Å². The van der Waals surface area contributed by atoms with Crippen molar-refractivity contribution in [3.63, 3.8) is 0 Å². The zero-order chi connectivity index (χ0) is 21.5. The van der Waals surface area contributed by atoms with Gasteiger partial charge in [0.1, 0.15) is 11.5 Å². The summed E-state index contributed by atoms with van der Waals surface area (Å²) in [6.07, 6.45) is 1.93. The van der Waals surface area contributed by atoms with Crippen molar-refractivity contribution >= 4 is 17.2 Å². The molecule has 29 heavy (non-hydrogen) atoms. The highest BCUT2D eigenvalue weighted by molar-refractivity contribution is 7.13. The molecule has 3 heterocycles. The molecule has 3 rings (SSSR count). The maximum atomic E-state index is 13.6. The van der Waals surface area contributed by atoms with E-state index in [1.807, 2.05) is 49.0 Å². The second kappa shape index (κ2) is 8.16. The lowest BCUT2D eigenvalue weighted by molar-refractivity contribution is -0.137. The number of aryl methyl sites for hydroxylation is 2. The number of imidazole rings is 1. The summed E-state index contributed by atoms with van der Waals surface area (Å²) in [5.74, 6) is 0.821. The van der Waals surface area contributed by atoms with Crippen molar-refractivity contribution in [2.75, 3.05) is 6.54 Å². The standard InChI is InChI=1S/C21H33N5O2S/c1-12(2)23-18(21(4,5)6)20(28)26-9-14(27)8-16(26)19-24-15(10-25(19)7)17-13(3)22-11-29-17/h10-12,14,16,18,23,27H,8-9H2,1-7H3/t14-,16+,18-/m1/s1. The number of carbonyl (C=O) groups excluding carboxylic acids is 1. The first-order chi connectivity index (χ1) is 13.5. The fourth-order valence-corrected chi connectivity index (χ4v) is 4.70. The van der Waals surface area contributed by atoms with Crippen LogP contribution in [0.25, 0.3) is 10.6 Å². The van der Waals surface area contributed by atoms with E-state index >= 15 is 0 Å². The molecule has 0 radical (unpaired) electrons. The summed E-state index contributed by atoms with van der Waals surface area (Å²) in [5, 5.41) is 13.8. The van der Waals surface area contributed by atoms with Gasteiger partial charge in [0.2, 0.25) is 5.91 Å². The van der Waals surface area contributed by atoms with Crippen LogP contribution in [0.15, 0.2) is 11.7 Å². The zero-order valence-electron chi connectivity index (χ0n) is 18.4. The highest BCUT2D eigenvalue weighted by Crippen LogP contribution is 2.36. The van der Waals surface area contributed by atoms with Crippen LogP contribution in [-0.2, 0) is 11.8 Å². The number of β-amino-alcohol motifs (C(OH)–C–C–N with tert-alkyl or cyclic N) is 1. The minimum atomic E-state index is -0.547. The highest BCUT2D eigenvalue weighted by Gasteiger charge is 2.43. The van der Waals surface area contributed by atoms with Crippen LogP contribution in [0.3, 0.4) is 0 Å². The summed E-state index contributed by atoms with van der Waals surface area (Å²) < 4.78 is 1.97. The van der Waals surface area contributed by atoms with Crippen molar-refractivity contribution in [3.05, 3.63) is 23.2 Å². The smallest absolute Gasteiger partial charge is 0.240 e. The molecule has 7 nitrogen and oxygen atoms in total. The summed E-state index contributed by atoms with van der Waals surface area (Å²) in [4.78, 5) is 25.6. The summed E-state index contributed by atoms with van der Waals surface area (Å²) in [6.45, 7) is 12.6. The number of aliphatic hydroxyl groups is 1. The Bertz CT molecular complexity index is 867. The number of hydrogen-bond acceptors (Lipinski definition) is 6. The molecule has 0 aliphatic carbocycles. The molecular formula is C21H33N5O2S. The van der Waals surface area contributed by atoms with Crippen molar-refractivity contribution < 1.29 is 9.90 Å². The Kier molecular flexibility index (Phi) is 6.17. The molecule has 1 aliphatic heterocycles. The van der Waals surface area contributed by atoms with Gasteiger partial charge in [-0.25, -0.2) is 9.97 Å². The molecule has 2 aromatic heterocycles. The molecule has 1 saturated heterocycles. The number of carbonyl (C=O) groups is 1. The summed E-state index contributed by atoms with van der Waals surface area (Å²) >= 11 is 1.56. The number of nitrogens with zero attached hydrogens (tertiary/aromatic N) is 4. The van der Waals surface area contributed by atoms with Crippen LogP contribution in [0.1, 0.15) is 58.6 Å². The normalized spacial score (nSPS) is 21.2. The molecule has 8 heteroatoms. The third-order valence-electron chi connectivity index (χ3n) is 5.36. The van der Waals surface area contributed by atoms with Crippen molar-refractivity contribution in [2.24, 2.45) is 12.5 Å². The predicted octanol–water partition coefficient (Wildman–Crippen LogP) is 2.90. The molecule has 1 fully saturated rings. The Morgan fingerprint density at radius 1 is 1.38 bits per heavy atom. The Balaban J connectivity index is 1.94. The minimum Gasteiger partial charge on any atom is -0.391 e. The largest absolute Gasteiger partial charge is 0.391 e. The fraction of sp³-hybridized carbons (Fsp3) is 0.667. The molecule has 0 saturated carbocycles. The second-order valence-corrected chi connectivity index (χ2v) is 10.2. The van der Waals surface area contributed by atoms with Gasteiger partial charge >= 0.3 is 0 Å². The topological polar surface area (TPSA) is 83.3 Å². The Labute approximate surface area is 177 Å². The van der Waals surface area contributed by atoms with Gasteiger partial charge in [0.05, 0.1) is 34.3 Å². The second-order valence-electron chi connectivity index (χ2n) is 9.38. The van der Waals surface area contributed by atoms with Crippen molar-refractivity contribution in [3.8, 4) is 10.6 Å². The molecular weight excluding hydrogens is 386 g/mol. The fourth-order valence-electron chi connectivity index (χ4n) is 3.94. The molecule has 160 valence electrons. The molecule has 2 N–H and O–H groups in total. The van der Waals surface area contributed by atoms with Crippen LogP contribution in [0.5, 0.6) is 0 Å². The number of amides is 1. The average Bonchev–Trinajstić information content (AvgIpc) is 3.29. The third-order valence-corrected chi connectivity index (χ3v) is 6.31. The Morgan fingerprint density at radius 3 is 2.62 bits per heavy atom. The van der Waals surface area contributed by atoms with Gasteiger partial charge in [-0.1, -0.05) is 34.6 Å². The number of nitrogens with one attached hydrogen (secondary N) is 1. The Hall–Kier alpha value is -1.77. The van der Waals surface area contributed by atoms with E-state index in [2.05, 4.69) is 31.1 Å². The van der Waals surface area contributed by atoms with Gasteiger partial charge < -0.3 is 19.9 Å². The lowest BCUT2D eigenvalue weighted by atomic mass is 9.85. The summed E-state index contributed by atoms with van der Waals surface area (Å²) in [5.41, 5.74) is 3.39. The SMILES string of the molecule is Cc1ncsc1-c1cn(C)c([C@@H]2C[C@@H](O)CN2C(=O)[C@@H](NC(C)C)C(C)(C)C)n1. The van der Waals surface area contributed by atoms with Gasteiger partial charge in [0.15, 0.2) is 0 Å². The number of hydrogen-bond donors (Lipinski definition) is 2. The lowest BCUT2D eigenvalue weighted by Gasteiger charge is -2.36.